The Labute approximate surface area is 104 Å². The number of benzene rings is 1. The number of ketones is 1. The Kier molecular flexibility index (Phi) is 3.66. The van der Waals surface area contributed by atoms with E-state index in [4.69, 9.17) is 4.74 Å². The van der Waals surface area contributed by atoms with Crippen molar-refractivity contribution in [1.82, 2.24) is 4.98 Å². The molecule has 1 heterocycles. The smallest absolute Gasteiger partial charge is 0.178 e. The van der Waals surface area contributed by atoms with E-state index in [0.29, 0.717) is 12.3 Å². The summed E-state index contributed by atoms with van der Waals surface area (Å²) in [5.41, 5.74) is 2.69. The topological polar surface area (TPSA) is 39.2 Å². The molecule has 2 rings (SSSR count). The quantitative estimate of drug-likeness (QED) is 0.779. The van der Waals surface area contributed by atoms with E-state index in [9.17, 15) is 4.79 Å². The summed E-state index contributed by atoms with van der Waals surface area (Å²) in [4.78, 5) is 15.5. The van der Waals surface area contributed by atoms with Crippen molar-refractivity contribution in [3.63, 3.8) is 0 Å². The molecule has 0 spiro atoms. The third kappa shape index (κ3) is 2.78. The number of hydrogen-bond donors (Lipinski definition) is 0. The molecule has 0 saturated carbocycles. The fraction of sp³-hybridized carbons (Fsp3) is 0.231. The Hall–Kier alpha value is -1.52. The number of Topliss-reactive ketones (excluding diaryl/α,β-unsaturated/α-hetero) is 1. The highest BCUT2D eigenvalue weighted by Gasteiger charge is 2.07. The first-order chi connectivity index (χ1) is 8.20. The molecule has 0 N–H and O–H groups in total. The van der Waals surface area contributed by atoms with Gasteiger partial charge in [0.1, 0.15) is 10.7 Å². The standard InChI is InChI=1S/C13H13NO2S/c1-9(15)12-8-17-13(14-12)11-5-3-10(4-6-11)7-16-2/h3-6,8H,7H2,1-2H3. The molecule has 0 unspecified atom stereocenters. The fourth-order valence-electron chi connectivity index (χ4n) is 1.48. The second kappa shape index (κ2) is 5.21. The maximum atomic E-state index is 11.2. The van der Waals surface area contributed by atoms with Gasteiger partial charge in [0.05, 0.1) is 6.61 Å². The number of carbonyl (C=O) groups is 1. The van der Waals surface area contributed by atoms with Gasteiger partial charge in [0.25, 0.3) is 0 Å². The number of ether oxygens (including phenoxy) is 1. The van der Waals surface area contributed by atoms with E-state index in [1.54, 1.807) is 12.5 Å². The fourth-order valence-corrected chi connectivity index (χ4v) is 2.34. The largest absolute Gasteiger partial charge is 0.380 e. The van der Waals surface area contributed by atoms with Crippen LogP contribution in [-0.4, -0.2) is 17.9 Å². The Morgan fingerprint density at radius 3 is 2.59 bits per heavy atom. The minimum Gasteiger partial charge on any atom is -0.380 e. The molecule has 0 saturated heterocycles. The lowest BCUT2D eigenvalue weighted by molar-refractivity contribution is 0.101. The van der Waals surface area contributed by atoms with Crippen LogP contribution in [0.2, 0.25) is 0 Å². The summed E-state index contributed by atoms with van der Waals surface area (Å²) < 4.78 is 5.05. The van der Waals surface area contributed by atoms with Crippen LogP contribution in [0, 0.1) is 0 Å². The Morgan fingerprint density at radius 2 is 2.06 bits per heavy atom. The molecule has 17 heavy (non-hydrogen) atoms. The summed E-state index contributed by atoms with van der Waals surface area (Å²) in [5.74, 6) is 0.00324. The highest BCUT2D eigenvalue weighted by molar-refractivity contribution is 7.13. The van der Waals surface area contributed by atoms with E-state index >= 15 is 0 Å². The third-order valence-corrected chi connectivity index (χ3v) is 3.27. The predicted octanol–water partition coefficient (Wildman–Crippen LogP) is 3.16. The molecule has 2 aromatic rings. The van der Waals surface area contributed by atoms with Gasteiger partial charge in [0.15, 0.2) is 5.78 Å². The van der Waals surface area contributed by atoms with E-state index in [-0.39, 0.29) is 5.78 Å². The summed E-state index contributed by atoms with van der Waals surface area (Å²) in [5, 5.41) is 2.67. The highest BCUT2D eigenvalue weighted by atomic mass is 32.1. The van der Waals surface area contributed by atoms with Crippen LogP contribution in [-0.2, 0) is 11.3 Å². The number of hydrogen-bond acceptors (Lipinski definition) is 4. The highest BCUT2D eigenvalue weighted by Crippen LogP contribution is 2.24. The van der Waals surface area contributed by atoms with Gasteiger partial charge in [0.2, 0.25) is 0 Å². The lowest BCUT2D eigenvalue weighted by atomic mass is 10.1. The molecule has 0 aliphatic carbocycles. The minimum atomic E-state index is 0.00324. The van der Waals surface area contributed by atoms with Crippen LogP contribution in [0.5, 0.6) is 0 Å². The SMILES string of the molecule is COCc1ccc(-c2nc(C(C)=O)cs2)cc1. The molecule has 88 valence electrons. The van der Waals surface area contributed by atoms with Crippen LogP contribution < -0.4 is 0 Å². The maximum absolute atomic E-state index is 11.2. The molecule has 0 atom stereocenters. The van der Waals surface area contributed by atoms with Crippen molar-refractivity contribution < 1.29 is 9.53 Å². The van der Waals surface area contributed by atoms with Crippen LogP contribution in [0.1, 0.15) is 23.0 Å². The molecule has 4 heteroatoms. The molecule has 0 amide bonds. The number of nitrogens with zero attached hydrogens (tertiary/aromatic N) is 1. The van der Waals surface area contributed by atoms with Crippen LogP contribution in [0.25, 0.3) is 10.6 Å². The Bertz CT molecular complexity index is 516. The van der Waals surface area contributed by atoms with E-state index in [1.165, 1.54) is 18.3 Å². The molecule has 3 nitrogen and oxygen atoms in total. The van der Waals surface area contributed by atoms with Gasteiger partial charge >= 0.3 is 0 Å². The number of aromatic nitrogens is 1. The van der Waals surface area contributed by atoms with Gasteiger partial charge in [-0.25, -0.2) is 4.98 Å². The molecule has 0 radical (unpaired) electrons. The number of carbonyl (C=O) groups excluding carboxylic acids is 1. The molecule has 0 bridgehead atoms. The Balaban J connectivity index is 2.23. The van der Waals surface area contributed by atoms with E-state index in [1.807, 2.05) is 24.3 Å². The summed E-state index contributed by atoms with van der Waals surface area (Å²) in [7, 11) is 1.67. The van der Waals surface area contributed by atoms with Crippen molar-refractivity contribution in [2.24, 2.45) is 0 Å². The molecule has 0 aliphatic heterocycles. The van der Waals surface area contributed by atoms with E-state index in [0.717, 1.165) is 16.1 Å². The lowest BCUT2D eigenvalue weighted by Gasteiger charge is -2.00. The van der Waals surface area contributed by atoms with Crippen LogP contribution in [0.4, 0.5) is 0 Å². The normalized spacial score (nSPS) is 10.5. The summed E-state index contributed by atoms with van der Waals surface area (Å²) in [6.07, 6.45) is 0. The first-order valence-corrected chi connectivity index (χ1v) is 6.13. The van der Waals surface area contributed by atoms with Gasteiger partial charge in [-0.3, -0.25) is 4.79 Å². The molecule has 0 aliphatic rings. The van der Waals surface area contributed by atoms with Crippen LogP contribution >= 0.6 is 11.3 Å². The summed E-state index contributed by atoms with van der Waals surface area (Å²) >= 11 is 1.49. The van der Waals surface area contributed by atoms with Gasteiger partial charge in [-0.05, 0) is 5.56 Å². The van der Waals surface area contributed by atoms with Gasteiger partial charge < -0.3 is 4.74 Å². The second-order valence-corrected chi connectivity index (χ2v) is 4.58. The molecule has 1 aromatic heterocycles. The van der Waals surface area contributed by atoms with Gasteiger partial charge in [0, 0.05) is 25.0 Å². The summed E-state index contributed by atoms with van der Waals surface area (Å²) in [6.45, 7) is 2.14. The second-order valence-electron chi connectivity index (χ2n) is 3.72. The molecular formula is C13H13NO2S. The number of thiazole rings is 1. The van der Waals surface area contributed by atoms with Crippen molar-refractivity contribution in [2.75, 3.05) is 7.11 Å². The van der Waals surface area contributed by atoms with Crippen molar-refractivity contribution in [2.45, 2.75) is 13.5 Å². The lowest BCUT2D eigenvalue weighted by Crippen LogP contribution is -1.91. The zero-order valence-electron chi connectivity index (χ0n) is 9.77. The maximum Gasteiger partial charge on any atom is 0.178 e. The molecule has 1 aromatic carbocycles. The van der Waals surface area contributed by atoms with Crippen molar-refractivity contribution >= 4 is 17.1 Å². The Morgan fingerprint density at radius 1 is 1.35 bits per heavy atom. The first-order valence-electron chi connectivity index (χ1n) is 5.25. The zero-order valence-corrected chi connectivity index (χ0v) is 10.6. The van der Waals surface area contributed by atoms with Crippen LogP contribution in [0.3, 0.4) is 0 Å². The average molecular weight is 247 g/mol. The van der Waals surface area contributed by atoms with Crippen molar-refractivity contribution in [3.05, 3.63) is 40.9 Å². The molecular weight excluding hydrogens is 234 g/mol. The van der Waals surface area contributed by atoms with Gasteiger partial charge in [-0.15, -0.1) is 11.3 Å². The van der Waals surface area contributed by atoms with E-state index in [2.05, 4.69) is 4.98 Å². The van der Waals surface area contributed by atoms with Gasteiger partial charge in [-0.1, -0.05) is 24.3 Å². The zero-order chi connectivity index (χ0) is 12.3. The number of methoxy groups -OCH3 is 1. The average Bonchev–Trinajstić information content (AvgIpc) is 2.80. The number of rotatable bonds is 4. The molecule has 0 fully saturated rings. The predicted molar refractivity (Wildman–Crippen MR) is 68.3 cm³/mol. The third-order valence-electron chi connectivity index (χ3n) is 2.38. The van der Waals surface area contributed by atoms with Gasteiger partial charge in [-0.2, -0.15) is 0 Å². The monoisotopic (exact) mass is 247 g/mol. The van der Waals surface area contributed by atoms with Crippen molar-refractivity contribution in [1.29, 1.82) is 0 Å². The van der Waals surface area contributed by atoms with Crippen molar-refractivity contribution in [3.8, 4) is 10.6 Å². The van der Waals surface area contributed by atoms with E-state index < -0.39 is 0 Å². The minimum absolute atomic E-state index is 0.00324. The summed E-state index contributed by atoms with van der Waals surface area (Å²) in [6, 6.07) is 8.01. The van der Waals surface area contributed by atoms with Crippen LogP contribution in [0.15, 0.2) is 29.6 Å². The first kappa shape index (κ1) is 12.0.